The first-order valence-corrected chi connectivity index (χ1v) is 7.05. The summed E-state index contributed by atoms with van der Waals surface area (Å²) in [7, 11) is 0. The van der Waals surface area contributed by atoms with Crippen LogP contribution in [0, 0.1) is 0 Å². The molecular weight excluding hydrogens is 264 g/mol. The number of rotatable bonds is 1. The number of benzene rings is 2. The van der Waals surface area contributed by atoms with Crippen LogP contribution in [0.15, 0.2) is 42.5 Å². The Morgan fingerprint density at radius 3 is 2.43 bits per heavy atom. The number of carbonyl (C=O) groups is 2. The molecule has 2 amide bonds. The van der Waals surface area contributed by atoms with Gasteiger partial charge in [-0.1, -0.05) is 30.3 Å². The van der Waals surface area contributed by atoms with Gasteiger partial charge >= 0.3 is 0 Å². The molecular formula is C17H18N2O2. The molecule has 1 heterocycles. The van der Waals surface area contributed by atoms with Gasteiger partial charge in [0.25, 0.3) is 5.91 Å². The number of hydrogen-bond acceptors (Lipinski definition) is 2. The molecule has 0 spiro atoms. The van der Waals surface area contributed by atoms with E-state index in [4.69, 9.17) is 0 Å². The monoisotopic (exact) mass is 282 g/mol. The van der Waals surface area contributed by atoms with Gasteiger partial charge in [0.1, 0.15) is 11.6 Å². The van der Waals surface area contributed by atoms with Crippen LogP contribution in [0.3, 0.4) is 0 Å². The molecule has 21 heavy (non-hydrogen) atoms. The highest BCUT2D eigenvalue weighted by atomic mass is 16.2. The Labute approximate surface area is 123 Å². The molecule has 3 rings (SSSR count). The molecule has 108 valence electrons. The van der Waals surface area contributed by atoms with Gasteiger partial charge in [-0.2, -0.15) is 0 Å². The summed E-state index contributed by atoms with van der Waals surface area (Å²) in [6.45, 7) is 5.21. The third kappa shape index (κ3) is 2.17. The van der Waals surface area contributed by atoms with Crippen molar-refractivity contribution in [1.29, 1.82) is 0 Å². The maximum absolute atomic E-state index is 12.7. The van der Waals surface area contributed by atoms with Crippen LogP contribution in [0.2, 0.25) is 0 Å². The quantitative estimate of drug-likeness (QED) is 0.873. The number of nitrogens with zero attached hydrogens (tertiary/aromatic N) is 1. The van der Waals surface area contributed by atoms with Crippen molar-refractivity contribution in [3.05, 3.63) is 42.5 Å². The molecule has 1 aliphatic heterocycles. The van der Waals surface area contributed by atoms with E-state index in [-0.39, 0.29) is 11.8 Å². The second-order valence-corrected chi connectivity index (χ2v) is 6.00. The maximum atomic E-state index is 12.7. The molecule has 1 fully saturated rings. The van der Waals surface area contributed by atoms with Crippen molar-refractivity contribution < 1.29 is 9.59 Å². The van der Waals surface area contributed by atoms with Crippen molar-refractivity contribution in [2.45, 2.75) is 32.4 Å². The second-order valence-electron chi connectivity index (χ2n) is 6.00. The largest absolute Gasteiger partial charge is 0.340 e. The average Bonchev–Trinajstić information content (AvgIpc) is 2.45. The third-order valence-corrected chi connectivity index (χ3v) is 3.97. The van der Waals surface area contributed by atoms with Gasteiger partial charge in [-0.25, -0.2) is 0 Å². The zero-order chi connectivity index (χ0) is 15.2. The van der Waals surface area contributed by atoms with Gasteiger partial charge in [0.15, 0.2) is 0 Å². The molecule has 2 aromatic carbocycles. The second kappa shape index (κ2) is 4.58. The van der Waals surface area contributed by atoms with Crippen molar-refractivity contribution in [3.8, 4) is 0 Å². The lowest BCUT2D eigenvalue weighted by atomic mass is 9.96. The number of anilines is 1. The molecule has 4 heteroatoms. The third-order valence-electron chi connectivity index (χ3n) is 3.97. The summed E-state index contributed by atoms with van der Waals surface area (Å²) in [5.74, 6) is -0.224. The van der Waals surface area contributed by atoms with Crippen LogP contribution in [0.25, 0.3) is 10.8 Å². The molecule has 0 aliphatic carbocycles. The van der Waals surface area contributed by atoms with Crippen LogP contribution in [0.4, 0.5) is 5.69 Å². The predicted octanol–water partition coefficient (Wildman–Crippen LogP) is 2.47. The summed E-state index contributed by atoms with van der Waals surface area (Å²) in [5.41, 5.74) is -0.121. The lowest BCUT2D eigenvalue weighted by Crippen LogP contribution is -2.67. The Morgan fingerprint density at radius 1 is 1.05 bits per heavy atom. The van der Waals surface area contributed by atoms with Crippen LogP contribution >= 0.6 is 0 Å². The van der Waals surface area contributed by atoms with E-state index < -0.39 is 11.6 Å². The van der Waals surface area contributed by atoms with Crippen molar-refractivity contribution in [2.75, 3.05) is 4.90 Å². The van der Waals surface area contributed by atoms with Crippen LogP contribution in [-0.2, 0) is 9.59 Å². The highest BCUT2D eigenvalue weighted by Crippen LogP contribution is 2.28. The van der Waals surface area contributed by atoms with E-state index in [9.17, 15) is 9.59 Å². The molecule has 1 saturated heterocycles. The number of fused-ring (bicyclic) bond motifs is 1. The normalized spacial score (nSPS) is 21.5. The van der Waals surface area contributed by atoms with Gasteiger partial charge in [0.05, 0.1) is 0 Å². The summed E-state index contributed by atoms with van der Waals surface area (Å²) >= 11 is 0. The average molecular weight is 282 g/mol. The number of piperazine rings is 1. The molecule has 4 nitrogen and oxygen atoms in total. The fourth-order valence-electron chi connectivity index (χ4n) is 2.73. The van der Waals surface area contributed by atoms with E-state index in [1.165, 1.54) is 0 Å². The topological polar surface area (TPSA) is 49.4 Å². The zero-order valence-corrected chi connectivity index (χ0v) is 12.4. The van der Waals surface area contributed by atoms with Gasteiger partial charge < -0.3 is 5.32 Å². The molecule has 2 aromatic rings. The van der Waals surface area contributed by atoms with Crippen LogP contribution < -0.4 is 10.2 Å². The summed E-state index contributed by atoms with van der Waals surface area (Å²) in [5, 5.41) is 4.93. The lowest BCUT2D eigenvalue weighted by Gasteiger charge is -2.41. The number of hydrogen-bond donors (Lipinski definition) is 1. The first kappa shape index (κ1) is 13.6. The Hall–Kier alpha value is -2.36. The highest BCUT2D eigenvalue weighted by Gasteiger charge is 2.44. The van der Waals surface area contributed by atoms with Crippen molar-refractivity contribution in [3.63, 3.8) is 0 Å². The summed E-state index contributed by atoms with van der Waals surface area (Å²) in [6, 6.07) is 13.3. The van der Waals surface area contributed by atoms with Crippen molar-refractivity contribution in [2.24, 2.45) is 0 Å². The molecule has 1 aliphatic rings. The fraction of sp³-hybridized carbons (Fsp3) is 0.294. The van der Waals surface area contributed by atoms with E-state index in [0.29, 0.717) is 0 Å². The van der Waals surface area contributed by atoms with Crippen LogP contribution in [0.1, 0.15) is 20.8 Å². The minimum atomic E-state index is -0.880. The van der Waals surface area contributed by atoms with E-state index >= 15 is 0 Å². The van der Waals surface area contributed by atoms with Crippen molar-refractivity contribution >= 4 is 28.3 Å². The van der Waals surface area contributed by atoms with E-state index in [2.05, 4.69) is 5.32 Å². The van der Waals surface area contributed by atoms with Gasteiger partial charge in [-0.3, -0.25) is 14.5 Å². The van der Waals surface area contributed by atoms with Crippen LogP contribution in [-0.4, -0.2) is 23.4 Å². The number of nitrogens with one attached hydrogen (secondary N) is 1. The van der Waals surface area contributed by atoms with Gasteiger partial charge in [-0.15, -0.1) is 0 Å². The Balaban J connectivity index is 2.10. The first-order chi connectivity index (χ1) is 9.90. The Kier molecular flexibility index (Phi) is 2.97. The maximum Gasteiger partial charge on any atom is 0.252 e. The highest BCUT2D eigenvalue weighted by molar-refractivity contribution is 6.10. The summed E-state index contributed by atoms with van der Waals surface area (Å²) < 4.78 is 0. The SMILES string of the molecule is CC1C(=O)NC(C)(C)C(=O)N1c1ccc2ccccc2c1. The van der Waals surface area contributed by atoms with E-state index in [1.54, 1.807) is 25.7 Å². The predicted molar refractivity (Wildman–Crippen MR) is 83.1 cm³/mol. The summed E-state index contributed by atoms with van der Waals surface area (Å²) in [6.07, 6.45) is 0. The molecule has 0 aromatic heterocycles. The molecule has 1 unspecified atom stereocenters. The molecule has 0 saturated carbocycles. The number of amides is 2. The zero-order valence-electron chi connectivity index (χ0n) is 12.4. The Bertz CT molecular complexity index is 736. The minimum absolute atomic E-state index is 0.0927. The smallest absolute Gasteiger partial charge is 0.252 e. The number of carbonyl (C=O) groups excluding carboxylic acids is 2. The van der Waals surface area contributed by atoms with E-state index in [0.717, 1.165) is 16.5 Å². The molecule has 1 atom stereocenters. The van der Waals surface area contributed by atoms with Gasteiger partial charge in [0.2, 0.25) is 5.91 Å². The standard InChI is InChI=1S/C17H18N2O2/c1-11-15(20)18-17(2,3)16(21)19(11)14-9-8-12-6-4-5-7-13(12)10-14/h4-11H,1-3H3,(H,18,20). The van der Waals surface area contributed by atoms with Crippen molar-refractivity contribution in [1.82, 2.24) is 5.32 Å². The first-order valence-electron chi connectivity index (χ1n) is 7.05. The molecule has 0 bridgehead atoms. The molecule has 0 radical (unpaired) electrons. The fourth-order valence-corrected chi connectivity index (χ4v) is 2.73. The lowest BCUT2D eigenvalue weighted by molar-refractivity contribution is -0.136. The Morgan fingerprint density at radius 2 is 1.71 bits per heavy atom. The van der Waals surface area contributed by atoms with Gasteiger partial charge in [-0.05, 0) is 43.7 Å². The van der Waals surface area contributed by atoms with E-state index in [1.807, 2.05) is 42.5 Å². The minimum Gasteiger partial charge on any atom is -0.340 e. The molecule has 1 N–H and O–H groups in total. The summed E-state index contributed by atoms with van der Waals surface area (Å²) in [4.78, 5) is 26.3. The van der Waals surface area contributed by atoms with Gasteiger partial charge in [0, 0.05) is 5.69 Å². The van der Waals surface area contributed by atoms with Crippen LogP contribution in [0.5, 0.6) is 0 Å².